The number of carbonyl (C=O) groups excluding carboxylic acids is 1. The van der Waals surface area contributed by atoms with Crippen LogP contribution in [0.4, 0.5) is 0 Å². The van der Waals surface area contributed by atoms with E-state index in [1.54, 1.807) is 0 Å². The van der Waals surface area contributed by atoms with Gasteiger partial charge in [0, 0.05) is 49.3 Å². The summed E-state index contributed by atoms with van der Waals surface area (Å²) in [6.07, 6.45) is 4.87. The Morgan fingerprint density at radius 3 is 2.35 bits per heavy atom. The first-order valence-electron chi connectivity index (χ1n) is 9.26. The maximum absolute atomic E-state index is 12.4. The number of piperazine rings is 1. The molecule has 1 saturated carbocycles. The summed E-state index contributed by atoms with van der Waals surface area (Å²) in [6.45, 7) is 14.3. The summed E-state index contributed by atoms with van der Waals surface area (Å²) < 4.78 is 0.356. The van der Waals surface area contributed by atoms with Crippen molar-refractivity contribution in [2.45, 2.75) is 70.2 Å². The van der Waals surface area contributed by atoms with Crippen LogP contribution in [0.3, 0.4) is 0 Å². The minimum atomic E-state index is 0.0155. The van der Waals surface area contributed by atoms with Gasteiger partial charge in [0.2, 0.25) is 5.91 Å². The third kappa shape index (κ3) is 6.63. The van der Waals surface area contributed by atoms with Gasteiger partial charge in [-0.15, -0.1) is 0 Å². The Morgan fingerprint density at radius 2 is 1.78 bits per heavy atom. The summed E-state index contributed by atoms with van der Waals surface area (Å²) in [5.74, 6) is 1.43. The van der Waals surface area contributed by atoms with Gasteiger partial charge in [-0.1, -0.05) is 33.6 Å². The van der Waals surface area contributed by atoms with E-state index < -0.39 is 0 Å². The molecule has 134 valence electrons. The number of nitrogens with zero attached hydrogens (tertiary/aromatic N) is 2. The zero-order valence-corrected chi connectivity index (χ0v) is 16.3. The number of amides is 1. The zero-order valence-electron chi connectivity index (χ0n) is 15.4. The second-order valence-electron chi connectivity index (χ2n) is 8.00. The molecule has 1 atom stereocenters. The van der Waals surface area contributed by atoms with Gasteiger partial charge in [-0.25, -0.2) is 0 Å². The van der Waals surface area contributed by atoms with Gasteiger partial charge in [-0.3, -0.25) is 14.6 Å². The van der Waals surface area contributed by atoms with Crippen LogP contribution in [0.2, 0.25) is 0 Å². The van der Waals surface area contributed by atoms with Crippen LogP contribution in [-0.2, 0) is 4.79 Å². The lowest BCUT2D eigenvalue weighted by molar-refractivity contribution is -0.127. The van der Waals surface area contributed by atoms with Crippen molar-refractivity contribution in [3.63, 3.8) is 0 Å². The summed E-state index contributed by atoms with van der Waals surface area (Å²) in [7, 11) is 0. The highest BCUT2D eigenvalue weighted by Crippen LogP contribution is 2.23. The van der Waals surface area contributed by atoms with Crippen molar-refractivity contribution in [2.24, 2.45) is 0 Å². The second kappa shape index (κ2) is 8.72. The van der Waals surface area contributed by atoms with E-state index in [4.69, 9.17) is 0 Å². The number of carbonyl (C=O) groups is 1. The molecule has 5 heteroatoms. The number of hydrogen-bond acceptors (Lipinski definition) is 4. The van der Waals surface area contributed by atoms with Crippen LogP contribution in [0.1, 0.15) is 53.4 Å². The summed E-state index contributed by atoms with van der Waals surface area (Å²) in [5.41, 5.74) is 0. The number of thioether (sulfide) groups is 1. The van der Waals surface area contributed by atoms with Crippen molar-refractivity contribution < 1.29 is 4.79 Å². The molecule has 0 aromatic carbocycles. The van der Waals surface area contributed by atoms with Crippen LogP contribution in [0.15, 0.2) is 0 Å². The van der Waals surface area contributed by atoms with Crippen LogP contribution in [0.25, 0.3) is 0 Å². The van der Waals surface area contributed by atoms with Gasteiger partial charge in [-0.05, 0) is 19.8 Å². The lowest BCUT2D eigenvalue weighted by atomic mass is 10.2. The Morgan fingerprint density at radius 1 is 1.17 bits per heavy atom. The number of nitrogens with one attached hydrogen (secondary N) is 1. The lowest BCUT2D eigenvalue weighted by Crippen LogP contribution is -2.55. The van der Waals surface area contributed by atoms with Crippen molar-refractivity contribution in [2.75, 3.05) is 38.5 Å². The molecule has 0 unspecified atom stereocenters. The van der Waals surface area contributed by atoms with Crippen LogP contribution in [0.5, 0.6) is 0 Å². The smallest absolute Gasteiger partial charge is 0.237 e. The number of hydrogen-bond donors (Lipinski definition) is 1. The third-order valence-corrected chi connectivity index (χ3v) is 6.23. The topological polar surface area (TPSA) is 35.6 Å². The average molecular weight is 342 g/mol. The zero-order chi connectivity index (χ0) is 16.9. The van der Waals surface area contributed by atoms with Gasteiger partial charge in [0.1, 0.15) is 0 Å². The van der Waals surface area contributed by atoms with E-state index >= 15 is 0 Å². The number of rotatable bonds is 6. The van der Waals surface area contributed by atoms with E-state index in [1.165, 1.54) is 25.1 Å². The first-order chi connectivity index (χ1) is 10.8. The SMILES string of the molecule is C[C@H](C(=O)NC1CCCC1)N1CCN(CCSC(C)(C)C)CC1. The fourth-order valence-corrected chi connectivity index (χ4v) is 4.37. The fraction of sp³-hybridized carbons (Fsp3) is 0.944. The minimum absolute atomic E-state index is 0.0155. The predicted octanol–water partition coefficient (Wildman–Crippen LogP) is 2.58. The molecule has 2 rings (SSSR count). The molecule has 23 heavy (non-hydrogen) atoms. The molecule has 1 heterocycles. The van der Waals surface area contributed by atoms with E-state index in [2.05, 4.69) is 42.8 Å². The Balaban J connectivity index is 1.65. The van der Waals surface area contributed by atoms with E-state index in [1.807, 2.05) is 11.8 Å². The molecule has 2 fully saturated rings. The van der Waals surface area contributed by atoms with Gasteiger partial charge < -0.3 is 5.32 Å². The van der Waals surface area contributed by atoms with Crippen molar-refractivity contribution >= 4 is 17.7 Å². The van der Waals surface area contributed by atoms with E-state index in [9.17, 15) is 4.79 Å². The van der Waals surface area contributed by atoms with Crippen LogP contribution >= 0.6 is 11.8 Å². The molecule has 0 spiro atoms. The molecule has 1 aliphatic carbocycles. The highest BCUT2D eigenvalue weighted by Gasteiger charge is 2.27. The molecular formula is C18H35N3OS. The average Bonchev–Trinajstić information content (AvgIpc) is 2.99. The van der Waals surface area contributed by atoms with Crippen LogP contribution in [-0.4, -0.2) is 71.0 Å². The Labute approximate surface area is 146 Å². The van der Waals surface area contributed by atoms with Gasteiger partial charge in [0.05, 0.1) is 6.04 Å². The molecule has 1 amide bonds. The molecule has 1 aliphatic heterocycles. The predicted molar refractivity (Wildman–Crippen MR) is 100 cm³/mol. The molecule has 0 aromatic rings. The van der Waals surface area contributed by atoms with Crippen molar-refractivity contribution in [3.05, 3.63) is 0 Å². The first kappa shape index (κ1) is 19.1. The minimum Gasteiger partial charge on any atom is -0.352 e. The lowest BCUT2D eigenvalue weighted by Gasteiger charge is -2.38. The van der Waals surface area contributed by atoms with Crippen LogP contribution < -0.4 is 5.32 Å². The summed E-state index contributed by atoms with van der Waals surface area (Å²) in [5, 5.41) is 3.24. The van der Waals surface area contributed by atoms with Crippen molar-refractivity contribution in [1.29, 1.82) is 0 Å². The monoisotopic (exact) mass is 341 g/mol. The molecule has 0 radical (unpaired) electrons. The summed E-state index contributed by atoms with van der Waals surface area (Å²) in [6, 6.07) is 0.447. The maximum Gasteiger partial charge on any atom is 0.237 e. The highest BCUT2D eigenvalue weighted by molar-refractivity contribution is 8.00. The Bertz CT molecular complexity index is 369. The third-order valence-electron chi connectivity index (χ3n) is 4.98. The summed E-state index contributed by atoms with van der Waals surface area (Å²) in [4.78, 5) is 17.3. The molecule has 0 bridgehead atoms. The summed E-state index contributed by atoms with van der Waals surface area (Å²) >= 11 is 2.04. The molecule has 0 aromatic heterocycles. The Hall–Kier alpha value is -0.260. The van der Waals surface area contributed by atoms with Gasteiger partial charge in [0.15, 0.2) is 0 Å². The van der Waals surface area contributed by atoms with Gasteiger partial charge >= 0.3 is 0 Å². The highest BCUT2D eigenvalue weighted by atomic mass is 32.2. The molecular weight excluding hydrogens is 306 g/mol. The standard InChI is InChI=1S/C18H35N3OS/c1-15(17(22)19-16-7-5-6-8-16)21-11-9-20(10-12-21)13-14-23-18(2,3)4/h15-16H,5-14H2,1-4H3,(H,19,22)/t15-/m1/s1. The maximum atomic E-state index is 12.4. The van der Waals surface area contributed by atoms with Gasteiger partial charge in [-0.2, -0.15) is 11.8 Å². The first-order valence-corrected chi connectivity index (χ1v) is 10.2. The molecule has 4 nitrogen and oxygen atoms in total. The Kier molecular flexibility index (Phi) is 7.23. The van der Waals surface area contributed by atoms with Crippen LogP contribution in [0, 0.1) is 0 Å². The van der Waals surface area contributed by atoms with E-state index in [0.29, 0.717) is 10.8 Å². The second-order valence-corrected chi connectivity index (χ2v) is 9.93. The van der Waals surface area contributed by atoms with E-state index in [0.717, 1.165) is 39.0 Å². The van der Waals surface area contributed by atoms with Crippen molar-refractivity contribution in [1.82, 2.24) is 15.1 Å². The quantitative estimate of drug-likeness (QED) is 0.805. The molecule has 1 saturated heterocycles. The molecule has 1 N–H and O–H groups in total. The van der Waals surface area contributed by atoms with Gasteiger partial charge in [0.25, 0.3) is 0 Å². The molecule has 2 aliphatic rings. The largest absolute Gasteiger partial charge is 0.352 e. The normalized spacial score (nSPS) is 23.1. The fourth-order valence-electron chi connectivity index (χ4n) is 3.41. The van der Waals surface area contributed by atoms with E-state index in [-0.39, 0.29) is 11.9 Å². The van der Waals surface area contributed by atoms with Crippen molar-refractivity contribution in [3.8, 4) is 0 Å².